The Morgan fingerprint density at radius 2 is 2.31 bits per heavy atom. The molecule has 0 aliphatic rings. The number of ketones is 1. The smallest absolute Gasteiger partial charge is 0.180 e. The second-order valence-corrected chi connectivity index (χ2v) is 3.22. The summed E-state index contributed by atoms with van der Waals surface area (Å²) in [7, 11) is 1.80. The molecule has 72 valence electrons. The van der Waals surface area contributed by atoms with E-state index in [2.05, 4.69) is 12.0 Å². The van der Waals surface area contributed by atoms with Crippen molar-refractivity contribution in [2.75, 3.05) is 0 Å². The lowest BCUT2D eigenvalue weighted by molar-refractivity contribution is 0.0970. The van der Waals surface area contributed by atoms with Gasteiger partial charge >= 0.3 is 0 Å². The standard InChI is InChI=1S/C10H16N2O/c1-3-4-5-6-10(13)9-7-8-11-12(9)2/h7-8H,3-6H2,1-2H3. The van der Waals surface area contributed by atoms with Gasteiger partial charge in [-0.2, -0.15) is 5.10 Å². The fourth-order valence-corrected chi connectivity index (χ4v) is 1.31. The number of rotatable bonds is 5. The second kappa shape index (κ2) is 4.80. The van der Waals surface area contributed by atoms with Crippen molar-refractivity contribution >= 4 is 5.78 Å². The van der Waals surface area contributed by atoms with Crippen LogP contribution >= 0.6 is 0 Å². The Kier molecular flexibility index (Phi) is 3.68. The molecule has 0 N–H and O–H groups in total. The molecule has 0 bridgehead atoms. The van der Waals surface area contributed by atoms with Crippen molar-refractivity contribution in [1.82, 2.24) is 9.78 Å². The molecule has 0 aliphatic carbocycles. The van der Waals surface area contributed by atoms with Gasteiger partial charge in [0.15, 0.2) is 5.78 Å². The third-order valence-corrected chi connectivity index (χ3v) is 2.11. The summed E-state index contributed by atoms with van der Waals surface area (Å²) in [5.74, 6) is 0.202. The number of hydrogen-bond acceptors (Lipinski definition) is 2. The summed E-state index contributed by atoms with van der Waals surface area (Å²) in [5.41, 5.74) is 0.719. The van der Waals surface area contributed by atoms with Gasteiger partial charge in [0.25, 0.3) is 0 Å². The molecule has 0 unspecified atom stereocenters. The fraction of sp³-hybridized carbons (Fsp3) is 0.600. The van der Waals surface area contributed by atoms with Crippen LogP contribution in [-0.4, -0.2) is 15.6 Å². The maximum atomic E-state index is 11.5. The van der Waals surface area contributed by atoms with Gasteiger partial charge in [-0.05, 0) is 12.5 Å². The van der Waals surface area contributed by atoms with Crippen LogP contribution in [0.15, 0.2) is 12.3 Å². The average molecular weight is 180 g/mol. The monoisotopic (exact) mass is 180 g/mol. The zero-order chi connectivity index (χ0) is 9.68. The number of aromatic nitrogens is 2. The number of carbonyl (C=O) groups is 1. The van der Waals surface area contributed by atoms with Gasteiger partial charge in [-0.25, -0.2) is 0 Å². The van der Waals surface area contributed by atoms with Gasteiger partial charge in [0.05, 0.1) is 0 Å². The molecule has 0 radical (unpaired) electrons. The van der Waals surface area contributed by atoms with Crippen LogP contribution in [0.4, 0.5) is 0 Å². The molecule has 0 saturated carbocycles. The number of hydrogen-bond donors (Lipinski definition) is 0. The second-order valence-electron chi connectivity index (χ2n) is 3.22. The molecular weight excluding hydrogens is 164 g/mol. The minimum atomic E-state index is 0.202. The Labute approximate surface area is 78.8 Å². The lowest BCUT2D eigenvalue weighted by Crippen LogP contribution is -2.06. The van der Waals surface area contributed by atoms with Gasteiger partial charge in [0.2, 0.25) is 0 Å². The zero-order valence-corrected chi connectivity index (χ0v) is 8.29. The quantitative estimate of drug-likeness (QED) is 0.514. The van der Waals surface area contributed by atoms with Crippen LogP contribution in [0.25, 0.3) is 0 Å². The third kappa shape index (κ3) is 2.68. The Balaban J connectivity index is 2.45. The van der Waals surface area contributed by atoms with Gasteiger partial charge in [-0.15, -0.1) is 0 Å². The maximum Gasteiger partial charge on any atom is 0.180 e. The molecule has 0 fully saturated rings. The number of unbranched alkanes of at least 4 members (excludes halogenated alkanes) is 2. The molecular formula is C10H16N2O. The van der Waals surface area contributed by atoms with E-state index in [0.29, 0.717) is 6.42 Å². The largest absolute Gasteiger partial charge is 0.292 e. The average Bonchev–Trinajstić information content (AvgIpc) is 2.52. The number of nitrogens with zero attached hydrogens (tertiary/aromatic N) is 2. The normalized spacial score (nSPS) is 10.3. The van der Waals surface area contributed by atoms with Crippen LogP contribution in [0, 0.1) is 0 Å². The van der Waals surface area contributed by atoms with Crippen molar-refractivity contribution in [3.63, 3.8) is 0 Å². The van der Waals surface area contributed by atoms with Crippen molar-refractivity contribution in [3.05, 3.63) is 18.0 Å². The van der Waals surface area contributed by atoms with E-state index >= 15 is 0 Å². The molecule has 1 aromatic heterocycles. The van der Waals surface area contributed by atoms with Crippen molar-refractivity contribution in [3.8, 4) is 0 Å². The van der Waals surface area contributed by atoms with Crippen LogP contribution in [0.1, 0.15) is 43.1 Å². The van der Waals surface area contributed by atoms with Gasteiger partial charge in [0.1, 0.15) is 5.69 Å². The molecule has 0 aliphatic heterocycles. The first-order chi connectivity index (χ1) is 6.25. The van der Waals surface area contributed by atoms with Crippen LogP contribution in [0.3, 0.4) is 0 Å². The van der Waals surface area contributed by atoms with Crippen LogP contribution in [0.5, 0.6) is 0 Å². The predicted octanol–water partition coefficient (Wildman–Crippen LogP) is 2.18. The predicted molar refractivity (Wildman–Crippen MR) is 51.7 cm³/mol. The van der Waals surface area contributed by atoms with E-state index < -0.39 is 0 Å². The molecule has 0 amide bonds. The molecule has 0 spiro atoms. The van der Waals surface area contributed by atoms with Gasteiger partial charge in [-0.1, -0.05) is 19.8 Å². The first-order valence-corrected chi connectivity index (χ1v) is 4.77. The molecule has 0 aromatic carbocycles. The Morgan fingerprint density at radius 1 is 1.54 bits per heavy atom. The molecule has 13 heavy (non-hydrogen) atoms. The van der Waals surface area contributed by atoms with E-state index in [0.717, 1.165) is 25.0 Å². The van der Waals surface area contributed by atoms with Crippen molar-refractivity contribution in [2.24, 2.45) is 7.05 Å². The molecule has 1 aromatic rings. The number of carbonyl (C=O) groups excluding carboxylic acids is 1. The number of aryl methyl sites for hydroxylation is 1. The fourth-order valence-electron chi connectivity index (χ4n) is 1.31. The molecule has 0 saturated heterocycles. The van der Waals surface area contributed by atoms with E-state index in [1.54, 1.807) is 24.0 Å². The SMILES string of the molecule is CCCCCC(=O)c1ccnn1C. The summed E-state index contributed by atoms with van der Waals surface area (Å²) in [5, 5.41) is 3.96. The highest BCUT2D eigenvalue weighted by atomic mass is 16.1. The van der Waals surface area contributed by atoms with E-state index in [-0.39, 0.29) is 5.78 Å². The Hall–Kier alpha value is -1.12. The minimum absolute atomic E-state index is 0.202. The molecule has 1 heterocycles. The van der Waals surface area contributed by atoms with E-state index in [4.69, 9.17) is 0 Å². The van der Waals surface area contributed by atoms with Crippen molar-refractivity contribution in [1.29, 1.82) is 0 Å². The number of Topliss-reactive ketones (excluding diaryl/α,β-unsaturated/α-hetero) is 1. The first kappa shape index (κ1) is 9.96. The highest BCUT2D eigenvalue weighted by molar-refractivity contribution is 5.94. The highest BCUT2D eigenvalue weighted by Crippen LogP contribution is 2.06. The lowest BCUT2D eigenvalue weighted by Gasteiger charge is -2.00. The summed E-state index contributed by atoms with van der Waals surface area (Å²) in [6, 6.07) is 1.77. The first-order valence-electron chi connectivity index (χ1n) is 4.77. The summed E-state index contributed by atoms with van der Waals surface area (Å²) in [6.45, 7) is 2.13. The summed E-state index contributed by atoms with van der Waals surface area (Å²) in [6.07, 6.45) is 5.57. The maximum absolute atomic E-state index is 11.5. The van der Waals surface area contributed by atoms with E-state index in [9.17, 15) is 4.79 Å². The van der Waals surface area contributed by atoms with Crippen LogP contribution in [-0.2, 0) is 7.05 Å². The van der Waals surface area contributed by atoms with Crippen LogP contribution in [0.2, 0.25) is 0 Å². The van der Waals surface area contributed by atoms with Crippen molar-refractivity contribution in [2.45, 2.75) is 32.6 Å². The minimum Gasteiger partial charge on any atom is -0.292 e. The van der Waals surface area contributed by atoms with Gasteiger partial charge < -0.3 is 0 Å². The van der Waals surface area contributed by atoms with E-state index in [1.807, 2.05) is 0 Å². The zero-order valence-electron chi connectivity index (χ0n) is 8.29. The third-order valence-electron chi connectivity index (χ3n) is 2.11. The molecule has 3 heteroatoms. The molecule has 3 nitrogen and oxygen atoms in total. The Bertz CT molecular complexity index is 278. The molecule has 1 rings (SSSR count). The lowest BCUT2D eigenvalue weighted by atomic mass is 10.1. The van der Waals surface area contributed by atoms with Gasteiger partial charge in [-0.3, -0.25) is 9.48 Å². The summed E-state index contributed by atoms with van der Waals surface area (Å²) >= 11 is 0. The highest BCUT2D eigenvalue weighted by Gasteiger charge is 2.08. The molecule has 0 atom stereocenters. The van der Waals surface area contributed by atoms with Crippen molar-refractivity contribution < 1.29 is 4.79 Å². The van der Waals surface area contributed by atoms with Crippen LogP contribution < -0.4 is 0 Å². The summed E-state index contributed by atoms with van der Waals surface area (Å²) < 4.78 is 1.63. The van der Waals surface area contributed by atoms with E-state index in [1.165, 1.54) is 0 Å². The van der Waals surface area contributed by atoms with Gasteiger partial charge in [0, 0.05) is 19.7 Å². The topological polar surface area (TPSA) is 34.9 Å². The Morgan fingerprint density at radius 3 is 2.85 bits per heavy atom. The summed E-state index contributed by atoms with van der Waals surface area (Å²) in [4.78, 5) is 11.5.